The number of benzene rings is 3. The van der Waals surface area contributed by atoms with E-state index < -0.39 is 0 Å². The molecule has 4 aromatic rings. The van der Waals surface area contributed by atoms with Gasteiger partial charge >= 0.3 is 0 Å². The highest BCUT2D eigenvalue weighted by Crippen LogP contribution is 2.34. The van der Waals surface area contributed by atoms with Crippen molar-refractivity contribution in [2.45, 2.75) is 40.0 Å². The number of allylic oxidation sites excluding steroid dienone is 5. The first kappa shape index (κ1) is 21.3. The molecule has 1 aliphatic carbocycles. The third kappa shape index (κ3) is 4.12. The van der Waals surface area contributed by atoms with Crippen molar-refractivity contribution in [2.24, 2.45) is 0 Å². The van der Waals surface area contributed by atoms with Crippen LogP contribution >= 0.6 is 0 Å². The van der Waals surface area contributed by atoms with Gasteiger partial charge in [-0.2, -0.15) is 0 Å². The van der Waals surface area contributed by atoms with E-state index in [1.54, 1.807) is 0 Å². The monoisotopic (exact) mass is 429 g/mol. The lowest BCUT2D eigenvalue weighted by Gasteiger charge is -2.17. The highest BCUT2D eigenvalue weighted by molar-refractivity contribution is 5.90. The van der Waals surface area contributed by atoms with Crippen molar-refractivity contribution in [3.05, 3.63) is 119 Å². The predicted octanol–water partition coefficient (Wildman–Crippen LogP) is 8.93. The van der Waals surface area contributed by atoms with Gasteiger partial charge in [-0.15, -0.1) is 0 Å². The van der Waals surface area contributed by atoms with Crippen LogP contribution in [0.1, 0.15) is 54.1 Å². The molecule has 0 radical (unpaired) electrons. The molecule has 0 spiro atoms. The average Bonchev–Trinajstić information content (AvgIpc) is 3.14. The molecule has 1 heterocycles. The summed E-state index contributed by atoms with van der Waals surface area (Å²) in [5.41, 5.74) is 11.8. The van der Waals surface area contributed by atoms with Crippen LogP contribution in [0.5, 0.6) is 0 Å². The van der Waals surface area contributed by atoms with Crippen molar-refractivity contribution in [1.82, 2.24) is 4.57 Å². The van der Waals surface area contributed by atoms with E-state index in [-0.39, 0.29) is 0 Å². The van der Waals surface area contributed by atoms with Gasteiger partial charge in [-0.1, -0.05) is 85.3 Å². The average molecular weight is 430 g/mol. The Balaban J connectivity index is 1.61. The van der Waals surface area contributed by atoms with Crippen molar-refractivity contribution in [3.8, 4) is 5.69 Å². The van der Waals surface area contributed by atoms with E-state index in [0.29, 0.717) is 0 Å². The van der Waals surface area contributed by atoms with Crippen molar-refractivity contribution >= 4 is 28.1 Å². The van der Waals surface area contributed by atoms with Gasteiger partial charge in [-0.3, -0.25) is 0 Å². The van der Waals surface area contributed by atoms with Crippen LogP contribution in [0.2, 0.25) is 0 Å². The second-order valence-corrected chi connectivity index (χ2v) is 8.96. The number of rotatable bonds is 5. The molecule has 0 fully saturated rings. The lowest BCUT2D eigenvalue weighted by Crippen LogP contribution is -1.99. The summed E-state index contributed by atoms with van der Waals surface area (Å²) in [6.07, 6.45) is 12.5. The third-order valence-corrected chi connectivity index (χ3v) is 6.62. The van der Waals surface area contributed by atoms with Gasteiger partial charge in [-0.25, -0.2) is 0 Å². The van der Waals surface area contributed by atoms with Crippen LogP contribution < -0.4 is 0 Å². The summed E-state index contributed by atoms with van der Waals surface area (Å²) in [5.74, 6) is 0. The molecule has 1 aromatic heterocycles. The Morgan fingerprint density at radius 2 is 1.70 bits per heavy atom. The molecule has 1 aliphatic rings. The zero-order valence-electron chi connectivity index (χ0n) is 19.8. The van der Waals surface area contributed by atoms with Crippen LogP contribution in [0.25, 0.3) is 33.8 Å². The first-order valence-corrected chi connectivity index (χ1v) is 12.0. The smallest absolute Gasteiger partial charge is 0.0537 e. The second-order valence-electron chi connectivity index (χ2n) is 8.96. The van der Waals surface area contributed by atoms with Crippen molar-refractivity contribution in [3.63, 3.8) is 0 Å². The first-order chi connectivity index (χ1) is 16.2. The van der Waals surface area contributed by atoms with Crippen LogP contribution in [0, 0.1) is 13.8 Å². The Morgan fingerprint density at radius 1 is 0.879 bits per heavy atom. The first-order valence-electron chi connectivity index (χ1n) is 12.0. The Morgan fingerprint density at radius 3 is 2.55 bits per heavy atom. The molecule has 0 N–H and O–H groups in total. The number of hydrogen-bond donors (Lipinski definition) is 0. The maximum absolute atomic E-state index is 2.42. The number of fused-ring (bicyclic) bond motifs is 1. The molecular formula is C32H31N. The van der Waals surface area contributed by atoms with E-state index >= 15 is 0 Å². The fraction of sp³-hybridized carbons (Fsp3) is 0.188. The number of nitrogens with zero attached hydrogens (tertiary/aromatic N) is 1. The van der Waals surface area contributed by atoms with E-state index in [2.05, 4.69) is 122 Å². The Kier molecular flexibility index (Phi) is 5.88. The van der Waals surface area contributed by atoms with Gasteiger partial charge in [0.1, 0.15) is 0 Å². The van der Waals surface area contributed by atoms with Gasteiger partial charge in [0.2, 0.25) is 0 Å². The lowest BCUT2D eigenvalue weighted by molar-refractivity contribution is 1.05. The number of para-hydroxylation sites is 1. The number of aromatic nitrogens is 1. The summed E-state index contributed by atoms with van der Waals surface area (Å²) in [4.78, 5) is 0. The Labute approximate surface area is 197 Å². The summed E-state index contributed by atoms with van der Waals surface area (Å²) in [7, 11) is 0. The number of hydrogen-bond acceptors (Lipinski definition) is 0. The van der Waals surface area contributed by atoms with E-state index in [4.69, 9.17) is 0 Å². The number of aryl methyl sites for hydroxylation is 2. The van der Waals surface area contributed by atoms with Crippen LogP contribution in [0.4, 0.5) is 0 Å². The molecule has 5 rings (SSSR count). The van der Waals surface area contributed by atoms with Crippen LogP contribution in [-0.4, -0.2) is 4.57 Å². The minimum atomic E-state index is 1.03. The summed E-state index contributed by atoms with van der Waals surface area (Å²) in [6.45, 7) is 6.59. The van der Waals surface area contributed by atoms with Crippen molar-refractivity contribution < 1.29 is 0 Å². The van der Waals surface area contributed by atoms with Gasteiger partial charge in [0.15, 0.2) is 0 Å². The highest BCUT2D eigenvalue weighted by Gasteiger charge is 2.15. The van der Waals surface area contributed by atoms with Gasteiger partial charge < -0.3 is 4.57 Å². The van der Waals surface area contributed by atoms with Crippen LogP contribution in [0.15, 0.2) is 91.0 Å². The molecule has 0 atom stereocenters. The van der Waals surface area contributed by atoms with E-state index in [1.165, 1.54) is 55.7 Å². The van der Waals surface area contributed by atoms with Gasteiger partial charge in [0.25, 0.3) is 0 Å². The van der Waals surface area contributed by atoms with E-state index in [9.17, 15) is 0 Å². The Hall–Kier alpha value is -3.58. The quantitative estimate of drug-likeness (QED) is 0.298. The fourth-order valence-corrected chi connectivity index (χ4v) is 4.93. The topological polar surface area (TPSA) is 4.93 Å². The van der Waals surface area contributed by atoms with Gasteiger partial charge in [0, 0.05) is 16.8 Å². The minimum absolute atomic E-state index is 1.03. The van der Waals surface area contributed by atoms with Crippen LogP contribution in [0.3, 0.4) is 0 Å². The van der Waals surface area contributed by atoms with Gasteiger partial charge in [0.05, 0.1) is 5.52 Å². The second kappa shape index (κ2) is 9.11. The normalized spacial score (nSPS) is 14.0. The molecule has 1 heteroatoms. The molecular weight excluding hydrogens is 398 g/mol. The van der Waals surface area contributed by atoms with E-state index in [1.807, 2.05) is 0 Å². The van der Waals surface area contributed by atoms with Gasteiger partial charge in [-0.05, 0) is 85.2 Å². The fourth-order valence-electron chi connectivity index (χ4n) is 4.93. The molecule has 0 bridgehead atoms. The SMILES string of the molecule is CC/C=C\c1c(C)c2ccccc2n1-c1cccc(C2=CC(c3cccc(C)c3)=CCC2)c1. The van der Waals surface area contributed by atoms with Crippen molar-refractivity contribution in [2.75, 3.05) is 0 Å². The summed E-state index contributed by atoms with van der Waals surface area (Å²) >= 11 is 0. The predicted molar refractivity (Wildman–Crippen MR) is 144 cm³/mol. The zero-order chi connectivity index (χ0) is 22.8. The largest absolute Gasteiger partial charge is 0.310 e. The maximum Gasteiger partial charge on any atom is 0.0537 e. The molecule has 3 aromatic carbocycles. The molecule has 0 saturated carbocycles. The molecule has 164 valence electrons. The van der Waals surface area contributed by atoms with Crippen LogP contribution in [-0.2, 0) is 0 Å². The maximum atomic E-state index is 2.42. The Bertz CT molecular complexity index is 1410. The zero-order valence-corrected chi connectivity index (χ0v) is 19.8. The molecule has 0 amide bonds. The molecule has 0 saturated heterocycles. The third-order valence-electron chi connectivity index (χ3n) is 6.62. The highest BCUT2D eigenvalue weighted by atomic mass is 15.0. The summed E-state index contributed by atoms with van der Waals surface area (Å²) < 4.78 is 2.42. The minimum Gasteiger partial charge on any atom is -0.310 e. The lowest BCUT2D eigenvalue weighted by atomic mass is 9.90. The summed E-state index contributed by atoms with van der Waals surface area (Å²) in [5, 5.41) is 1.32. The standard InChI is InChI=1S/C32H31N/c1-4-5-18-31-24(3)30-17-6-7-19-32(30)33(31)29-16-10-15-28(22-29)27-14-9-13-26(21-27)25-12-8-11-23(2)20-25/h5-8,10-13,15-22H,4,9,14H2,1-3H3/b18-5-. The van der Waals surface area contributed by atoms with E-state index in [0.717, 1.165) is 19.3 Å². The molecule has 0 unspecified atom stereocenters. The summed E-state index contributed by atoms with van der Waals surface area (Å²) in [6, 6.07) is 26.6. The molecule has 1 nitrogen and oxygen atoms in total. The van der Waals surface area contributed by atoms with Crippen molar-refractivity contribution in [1.29, 1.82) is 0 Å². The molecule has 33 heavy (non-hydrogen) atoms. The molecule has 0 aliphatic heterocycles.